The quantitative estimate of drug-likeness (QED) is 0.472. The third-order valence-corrected chi connectivity index (χ3v) is 3.50. The van der Waals surface area contributed by atoms with Crippen molar-refractivity contribution in [1.82, 2.24) is 0 Å². The molecule has 138 valence electrons. The molecule has 2 aromatic carbocycles. The smallest absolute Gasteiger partial charge is 0.338 e. The molecule has 0 aliphatic rings. The number of esters is 2. The molecule has 0 aliphatic carbocycles. The van der Waals surface area contributed by atoms with Gasteiger partial charge in [0.15, 0.2) is 0 Å². The van der Waals surface area contributed by atoms with Crippen molar-refractivity contribution in [2.75, 3.05) is 0 Å². The molecule has 2 aromatic rings. The van der Waals surface area contributed by atoms with Crippen molar-refractivity contribution in [2.24, 2.45) is 0 Å². The van der Waals surface area contributed by atoms with Crippen LogP contribution in [-0.2, 0) is 9.59 Å². The van der Waals surface area contributed by atoms with Crippen LogP contribution in [0.2, 0.25) is 0 Å². The summed E-state index contributed by atoms with van der Waals surface area (Å²) in [5.74, 6) is -1.79. The minimum Gasteiger partial charge on any atom is -0.478 e. The van der Waals surface area contributed by atoms with Crippen LogP contribution in [0.25, 0.3) is 11.1 Å². The summed E-state index contributed by atoms with van der Waals surface area (Å²) in [5.41, 5.74) is 1.43. The van der Waals surface area contributed by atoms with Crippen molar-refractivity contribution in [2.45, 2.75) is 13.8 Å². The van der Waals surface area contributed by atoms with Crippen LogP contribution in [0, 0.1) is 0 Å². The van der Waals surface area contributed by atoms with Crippen molar-refractivity contribution < 1.29 is 29.0 Å². The van der Waals surface area contributed by atoms with Crippen LogP contribution in [0.15, 0.2) is 66.8 Å². The molecule has 6 heteroatoms. The topological polar surface area (TPSA) is 89.9 Å². The molecule has 1 N–H and O–H groups in total. The van der Waals surface area contributed by atoms with E-state index in [4.69, 9.17) is 9.47 Å². The summed E-state index contributed by atoms with van der Waals surface area (Å²) in [5, 5.41) is 9.42. The van der Waals surface area contributed by atoms with Gasteiger partial charge in [-0.25, -0.2) is 14.4 Å². The highest BCUT2D eigenvalue weighted by molar-refractivity contribution is 5.97. The number of hydrogen-bond donors (Lipinski definition) is 1. The minimum absolute atomic E-state index is 0.0387. The molecule has 27 heavy (non-hydrogen) atoms. The van der Waals surface area contributed by atoms with E-state index in [1.807, 2.05) is 0 Å². The van der Waals surface area contributed by atoms with Crippen LogP contribution >= 0.6 is 0 Å². The van der Waals surface area contributed by atoms with Crippen molar-refractivity contribution in [3.05, 3.63) is 72.3 Å². The molecule has 0 aliphatic heterocycles. The number of benzene rings is 2. The lowest BCUT2D eigenvalue weighted by Gasteiger charge is -2.11. The van der Waals surface area contributed by atoms with Gasteiger partial charge in [-0.15, -0.1) is 0 Å². The van der Waals surface area contributed by atoms with Crippen molar-refractivity contribution in [3.8, 4) is 22.6 Å². The van der Waals surface area contributed by atoms with Gasteiger partial charge in [0.1, 0.15) is 11.5 Å². The standard InChI is InChI=1S/C21H18O6/c1-12(2)20(24)26-15-7-5-14(6-8-15)18-11-16(27-21(25)13(3)4)9-10-17(18)19(22)23/h5-11H,1,3H2,2,4H3,(H,22,23). The van der Waals surface area contributed by atoms with Gasteiger partial charge < -0.3 is 14.6 Å². The molecule has 0 heterocycles. The van der Waals surface area contributed by atoms with Gasteiger partial charge >= 0.3 is 17.9 Å². The zero-order valence-electron chi connectivity index (χ0n) is 14.9. The van der Waals surface area contributed by atoms with Crippen molar-refractivity contribution >= 4 is 17.9 Å². The second-order valence-corrected chi connectivity index (χ2v) is 5.88. The van der Waals surface area contributed by atoms with Crippen LogP contribution in [0.3, 0.4) is 0 Å². The Kier molecular flexibility index (Phi) is 5.92. The Morgan fingerprint density at radius 2 is 1.30 bits per heavy atom. The largest absolute Gasteiger partial charge is 0.478 e. The average molecular weight is 366 g/mol. The monoisotopic (exact) mass is 366 g/mol. The number of carboxylic acids is 1. The zero-order valence-corrected chi connectivity index (χ0v) is 14.9. The maximum Gasteiger partial charge on any atom is 0.338 e. The summed E-state index contributed by atoms with van der Waals surface area (Å²) in [4.78, 5) is 34.8. The van der Waals surface area contributed by atoms with Crippen LogP contribution in [0.1, 0.15) is 24.2 Å². The predicted molar refractivity (Wildman–Crippen MR) is 99.7 cm³/mol. The molecule has 0 amide bonds. The number of carbonyl (C=O) groups is 3. The van der Waals surface area contributed by atoms with Gasteiger partial charge in [0, 0.05) is 11.1 Å². The average Bonchev–Trinajstić information content (AvgIpc) is 2.61. The van der Waals surface area contributed by atoms with E-state index in [2.05, 4.69) is 13.2 Å². The Labute approximate surface area is 156 Å². The van der Waals surface area contributed by atoms with Crippen molar-refractivity contribution in [3.63, 3.8) is 0 Å². The Morgan fingerprint density at radius 1 is 0.815 bits per heavy atom. The fourth-order valence-corrected chi connectivity index (χ4v) is 2.10. The predicted octanol–water partition coefficient (Wildman–Crippen LogP) is 4.01. The van der Waals surface area contributed by atoms with E-state index < -0.39 is 17.9 Å². The Balaban J connectivity index is 2.38. The van der Waals surface area contributed by atoms with Crippen LogP contribution in [-0.4, -0.2) is 23.0 Å². The Morgan fingerprint density at radius 3 is 1.78 bits per heavy atom. The summed E-state index contributed by atoms with van der Waals surface area (Å²) in [7, 11) is 0. The number of carbonyl (C=O) groups excluding carboxylic acids is 2. The molecule has 0 unspecified atom stereocenters. The summed E-state index contributed by atoms with van der Waals surface area (Å²) in [6.45, 7) is 10.1. The lowest BCUT2D eigenvalue weighted by molar-refractivity contribution is -0.130. The van der Waals surface area contributed by atoms with Gasteiger partial charge in [-0.05, 0) is 55.3 Å². The first kappa shape index (κ1) is 19.7. The second-order valence-electron chi connectivity index (χ2n) is 5.88. The maximum atomic E-state index is 11.7. The van der Waals surface area contributed by atoms with Gasteiger partial charge in [0.25, 0.3) is 0 Å². The second kappa shape index (κ2) is 8.14. The maximum absolute atomic E-state index is 11.7. The lowest BCUT2D eigenvalue weighted by atomic mass is 9.99. The van der Waals surface area contributed by atoms with E-state index in [9.17, 15) is 19.5 Å². The van der Waals surface area contributed by atoms with Crippen LogP contribution in [0.5, 0.6) is 11.5 Å². The first-order valence-electron chi connectivity index (χ1n) is 7.92. The highest BCUT2D eigenvalue weighted by atomic mass is 16.5. The fourth-order valence-electron chi connectivity index (χ4n) is 2.10. The van der Waals surface area contributed by atoms with E-state index >= 15 is 0 Å². The van der Waals surface area contributed by atoms with Crippen molar-refractivity contribution in [1.29, 1.82) is 0 Å². The highest BCUT2D eigenvalue weighted by Gasteiger charge is 2.15. The fraction of sp³-hybridized carbons (Fsp3) is 0.0952. The first-order valence-corrected chi connectivity index (χ1v) is 7.92. The summed E-state index contributed by atoms with van der Waals surface area (Å²) < 4.78 is 10.3. The van der Waals surface area contributed by atoms with E-state index in [1.54, 1.807) is 12.1 Å². The van der Waals surface area contributed by atoms with Gasteiger partial charge in [-0.3, -0.25) is 0 Å². The van der Waals surface area contributed by atoms with Gasteiger partial charge in [0.2, 0.25) is 0 Å². The highest BCUT2D eigenvalue weighted by Crippen LogP contribution is 2.30. The normalized spacial score (nSPS) is 10.0. The molecule has 0 saturated heterocycles. The van der Waals surface area contributed by atoms with E-state index in [1.165, 1.54) is 44.2 Å². The molecule has 0 fully saturated rings. The van der Waals surface area contributed by atoms with Gasteiger partial charge in [0.05, 0.1) is 5.56 Å². The summed E-state index contributed by atoms with van der Waals surface area (Å²) in [6.07, 6.45) is 0. The third kappa shape index (κ3) is 4.92. The number of rotatable bonds is 6. The Hall–Kier alpha value is -3.67. The molecule has 0 spiro atoms. The molecule has 0 saturated carbocycles. The molecule has 0 bridgehead atoms. The van der Waals surface area contributed by atoms with Crippen LogP contribution < -0.4 is 9.47 Å². The molecule has 2 rings (SSSR count). The third-order valence-electron chi connectivity index (χ3n) is 3.50. The molecule has 0 aromatic heterocycles. The molecular formula is C21H18O6. The number of ether oxygens (including phenoxy) is 2. The molecule has 6 nitrogen and oxygen atoms in total. The van der Waals surface area contributed by atoms with Crippen LogP contribution in [0.4, 0.5) is 0 Å². The van der Waals surface area contributed by atoms with E-state index in [0.29, 0.717) is 16.9 Å². The Bertz CT molecular complexity index is 938. The summed E-state index contributed by atoms with van der Waals surface area (Å²) in [6, 6.07) is 10.5. The van der Waals surface area contributed by atoms with E-state index in [0.717, 1.165) is 0 Å². The van der Waals surface area contributed by atoms with E-state index in [-0.39, 0.29) is 22.5 Å². The van der Waals surface area contributed by atoms with Gasteiger partial charge in [-0.1, -0.05) is 25.3 Å². The SMILES string of the molecule is C=C(C)C(=O)Oc1ccc(-c2cc(OC(=O)C(=C)C)ccc2C(=O)O)cc1. The first-order chi connectivity index (χ1) is 12.7. The number of hydrogen-bond acceptors (Lipinski definition) is 5. The lowest BCUT2D eigenvalue weighted by Crippen LogP contribution is -2.09. The molecule has 0 radical (unpaired) electrons. The number of aromatic carboxylic acids is 1. The summed E-state index contributed by atoms with van der Waals surface area (Å²) >= 11 is 0. The van der Waals surface area contributed by atoms with Gasteiger partial charge in [-0.2, -0.15) is 0 Å². The number of carboxylic acid groups (broad SMARTS) is 1. The zero-order chi connectivity index (χ0) is 20.1. The minimum atomic E-state index is -1.12. The molecule has 0 atom stereocenters. The molecular weight excluding hydrogens is 348 g/mol.